The Balaban J connectivity index is 2.07. The molecule has 1 aromatic heterocycles. The molecule has 0 atom stereocenters. The standard InChI is InChI=1S/C16H19FN4O2/c1-3-13-10(2)15(23)21(16(18)20-13)9-14(22)19-8-11-4-6-12(17)7-5-11/h4-7H,3,8-9H2,1-2H3,(H2,18,20)(H,19,22). The topological polar surface area (TPSA) is 90.0 Å². The third-order valence-corrected chi connectivity index (χ3v) is 3.56. The van der Waals surface area contributed by atoms with E-state index in [9.17, 15) is 14.0 Å². The minimum atomic E-state index is -0.367. The Bertz CT molecular complexity index is 769. The molecule has 1 amide bonds. The lowest BCUT2D eigenvalue weighted by Gasteiger charge is -2.12. The Morgan fingerprint density at radius 1 is 1.35 bits per heavy atom. The van der Waals surface area contributed by atoms with E-state index in [2.05, 4.69) is 10.3 Å². The van der Waals surface area contributed by atoms with Gasteiger partial charge in [0.2, 0.25) is 11.9 Å². The fourth-order valence-corrected chi connectivity index (χ4v) is 2.21. The van der Waals surface area contributed by atoms with Crippen LogP contribution in [-0.4, -0.2) is 15.5 Å². The summed E-state index contributed by atoms with van der Waals surface area (Å²) in [7, 11) is 0. The maximum Gasteiger partial charge on any atom is 0.258 e. The molecule has 0 aliphatic rings. The average Bonchev–Trinajstić information content (AvgIpc) is 2.54. The molecule has 0 fully saturated rings. The van der Waals surface area contributed by atoms with E-state index in [0.29, 0.717) is 17.7 Å². The van der Waals surface area contributed by atoms with Gasteiger partial charge in [0.15, 0.2) is 0 Å². The number of carbonyl (C=O) groups excluding carboxylic acids is 1. The second-order valence-corrected chi connectivity index (χ2v) is 5.19. The SMILES string of the molecule is CCc1nc(N)n(CC(=O)NCc2ccc(F)cc2)c(=O)c1C. The first-order chi connectivity index (χ1) is 10.9. The summed E-state index contributed by atoms with van der Waals surface area (Å²) in [5, 5.41) is 2.66. The van der Waals surface area contributed by atoms with Gasteiger partial charge in [-0.2, -0.15) is 0 Å². The van der Waals surface area contributed by atoms with Gasteiger partial charge in [-0.3, -0.25) is 14.2 Å². The van der Waals surface area contributed by atoms with Crippen LogP contribution in [0.15, 0.2) is 29.1 Å². The fourth-order valence-electron chi connectivity index (χ4n) is 2.21. The summed E-state index contributed by atoms with van der Waals surface area (Å²) in [5.41, 5.74) is 7.34. The Morgan fingerprint density at radius 3 is 2.61 bits per heavy atom. The maximum atomic E-state index is 12.8. The number of halogens is 1. The van der Waals surface area contributed by atoms with Gasteiger partial charge in [0.05, 0.1) is 5.69 Å². The Morgan fingerprint density at radius 2 is 2.00 bits per heavy atom. The smallest absolute Gasteiger partial charge is 0.258 e. The van der Waals surface area contributed by atoms with Crippen molar-refractivity contribution < 1.29 is 9.18 Å². The number of hydrogen-bond acceptors (Lipinski definition) is 4. The number of rotatable bonds is 5. The summed E-state index contributed by atoms with van der Waals surface area (Å²) in [5.74, 6) is -0.681. The van der Waals surface area contributed by atoms with Crippen molar-refractivity contribution in [2.24, 2.45) is 0 Å². The van der Waals surface area contributed by atoms with Crippen LogP contribution in [0.2, 0.25) is 0 Å². The van der Waals surface area contributed by atoms with Gasteiger partial charge in [-0.05, 0) is 31.0 Å². The van der Waals surface area contributed by atoms with Gasteiger partial charge in [0.25, 0.3) is 5.56 Å². The third-order valence-electron chi connectivity index (χ3n) is 3.56. The number of nitrogens with zero attached hydrogens (tertiary/aromatic N) is 2. The zero-order valence-electron chi connectivity index (χ0n) is 13.1. The molecule has 0 aliphatic heterocycles. The number of anilines is 1. The summed E-state index contributed by atoms with van der Waals surface area (Å²) in [6.07, 6.45) is 0.600. The first-order valence-electron chi connectivity index (χ1n) is 7.29. The minimum absolute atomic E-state index is 0.0226. The second kappa shape index (κ2) is 7.04. The van der Waals surface area contributed by atoms with Crippen LogP contribution in [0.5, 0.6) is 0 Å². The van der Waals surface area contributed by atoms with Gasteiger partial charge in [0.1, 0.15) is 12.4 Å². The van der Waals surface area contributed by atoms with E-state index >= 15 is 0 Å². The predicted molar refractivity (Wildman–Crippen MR) is 85.3 cm³/mol. The normalized spacial score (nSPS) is 10.6. The molecule has 7 heteroatoms. The first kappa shape index (κ1) is 16.7. The number of benzene rings is 1. The molecule has 3 N–H and O–H groups in total. The summed E-state index contributed by atoms with van der Waals surface area (Å²) < 4.78 is 14.0. The molecule has 0 radical (unpaired) electrons. The van der Waals surface area contributed by atoms with Crippen LogP contribution in [0, 0.1) is 12.7 Å². The number of amides is 1. The molecule has 0 spiro atoms. The van der Waals surface area contributed by atoms with Gasteiger partial charge in [-0.25, -0.2) is 9.37 Å². The molecular weight excluding hydrogens is 299 g/mol. The third kappa shape index (κ3) is 3.94. The molecule has 1 heterocycles. The molecule has 23 heavy (non-hydrogen) atoms. The van der Waals surface area contributed by atoms with Crippen molar-refractivity contribution in [2.45, 2.75) is 33.4 Å². The van der Waals surface area contributed by atoms with Gasteiger partial charge in [0, 0.05) is 12.1 Å². The molecule has 0 unspecified atom stereocenters. The molecule has 2 rings (SSSR count). The van der Waals surface area contributed by atoms with E-state index in [4.69, 9.17) is 5.73 Å². The predicted octanol–water partition coefficient (Wildman–Crippen LogP) is 1.15. The number of nitrogens with two attached hydrogens (primary N) is 1. The van der Waals surface area contributed by atoms with E-state index in [1.54, 1.807) is 19.1 Å². The van der Waals surface area contributed by atoms with Crippen LogP contribution in [0.25, 0.3) is 0 Å². The van der Waals surface area contributed by atoms with Crippen LogP contribution in [-0.2, 0) is 24.3 Å². The van der Waals surface area contributed by atoms with Crippen molar-refractivity contribution in [3.05, 3.63) is 57.3 Å². The molecule has 0 saturated carbocycles. The van der Waals surface area contributed by atoms with Crippen LogP contribution in [0.1, 0.15) is 23.7 Å². The van der Waals surface area contributed by atoms with Gasteiger partial charge in [-0.1, -0.05) is 19.1 Å². The van der Waals surface area contributed by atoms with Crippen molar-refractivity contribution in [1.82, 2.24) is 14.9 Å². The molecule has 0 aliphatic carbocycles. The highest BCUT2D eigenvalue weighted by atomic mass is 19.1. The molecule has 6 nitrogen and oxygen atoms in total. The van der Waals surface area contributed by atoms with Crippen LogP contribution in [0.3, 0.4) is 0 Å². The number of nitrogen functional groups attached to an aromatic ring is 1. The lowest BCUT2D eigenvalue weighted by atomic mass is 10.2. The van der Waals surface area contributed by atoms with Crippen LogP contribution >= 0.6 is 0 Å². The molecule has 0 saturated heterocycles. The van der Waals surface area contributed by atoms with Gasteiger partial charge >= 0.3 is 0 Å². The highest BCUT2D eigenvalue weighted by Crippen LogP contribution is 2.05. The highest BCUT2D eigenvalue weighted by Gasteiger charge is 2.13. The molecule has 2 aromatic rings. The van der Waals surface area contributed by atoms with Crippen LogP contribution in [0.4, 0.5) is 10.3 Å². The molecule has 0 bridgehead atoms. The van der Waals surface area contributed by atoms with Crippen molar-refractivity contribution in [1.29, 1.82) is 0 Å². The van der Waals surface area contributed by atoms with E-state index in [0.717, 1.165) is 10.1 Å². The van der Waals surface area contributed by atoms with Crippen LogP contribution < -0.4 is 16.6 Å². The zero-order chi connectivity index (χ0) is 17.0. The van der Waals surface area contributed by atoms with Crippen molar-refractivity contribution >= 4 is 11.9 Å². The maximum absolute atomic E-state index is 12.8. The highest BCUT2D eigenvalue weighted by molar-refractivity contribution is 5.76. The number of hydrogen-bond donors (Lipinski definition) is 2. The van der Waals surface area contributed by atoms with E-state index in [1.165, 1.54) is 12.1 Å². The Hall–Kier alpha value is -2.70. The lowest BCUT2D eigenvalue weighted by molar-refractivity contribution is -0.121. The average molecular weight is 318 g/mol. The quantitative estimate of drug-likeness (QED) is 0.865. The number of aryl methyl sites for hydroxylation is 1. The number of carbonyl (C=O) groups is 1. The summed E-state index contributed by atoms with van der Waals surface area (Å²) >= 11 is 0. The Kier molecular flexibility index (Phi) is 5.10. The lowest BCUT2D eigenvalue weighted by Crippen LogP contribution is -2.35. The first-order valence-corrected chi connectivity index (χ1v) is 7.29. The van der Waals surface area contributed by atoms with Crippen molar-refractivity contribution in [2.75, 3.05) is 5.73 Å². The summed E-state index contributed by atoms with van der Waals surface area (Å²) in [6.45, 7) is 3.59. The van der Waals surface area contributed by atoms with E-state index in [-0.39, 0.29) is 36.3 Å². The van der Waals surface area contributed by atoms with Crippen molar-refractivity contribution in [3.8, 4) is 0 Å². The molecule has 122 valence electrons. The largest absolute Gasteiger partial charge is 0.369 e. The monoisotopic (exact) mass is 318 g/mol. The van der Waals surface area contributed by atoms with Gasteiger partial charge in [-0.15, -0.1) is 0 Å². The molecular formula is C16H19FN4O2. The number of aromatic nitrogens is 2. The van der Waals surface area contributed by atoms with Gasteiger partial charge < -0.3 is 11.1 Å². The summed E-state index contributed by atoms with van der Waals surface area (Å²) in [6, 6.07) is 5.80. The Labute approximate surface area is 133 Å². The van der Waals surface area contributed by atoms with Crippen molar-refractivity contribution in [3.63, 3.8) is 0 Å². The number of nitrogens with one attached hydrogen (secondary N) is 1. The minimum Gasteiger partial charge on any atom is -0.369 e. The van der Waals surface area contributed by atoms with E-state index in [1.807, 2.05) is 6.92 Å². The zero-order valence-corrected chi connectivity index (χ0v) is 13.1. The second-order valence-electron chi connectivity index (χ2n) is 5.19. The fraction of sp³-hybridized carbons (Fsp3) is 0.312. The van der Waals surface area contributed by atoms with E-state index < -0.39 is 0 Å². The molecule has 1 aromatic carbocycles. The summed E-state index contributed by atoms with van der Waals surface area (Å²) in [4.78, 5) is 28.4.